The number of rotatable bonds is 6. The van der Waals surface area contributed by atoms with E-state index in [2.05, 4.69) is 10.3 Å². The summed E-state index contributed by atoms with van der Waals surface area (Å²) in [6.45, 7) is 1.33. The van der Waals surface area contributed by atoms with Crippen molar-refractivity contribution < 1.29 is 19.2 Å². The first-order valence-corrected chi connectivity index (χ1v) is 6.68. The van der Waals surface area contributed by atoms with Crippen molar-refractivity contribution >= 4 is 17.4 Å². The number of carbonyl (C=O) groups is 1. The maximum atomic E-state index is 11.9. The van der Waals surface area contributed by atoms with E-state index in [0.717, 1.165) is 6.20 Å². The molecular formula is C15H15N3O5. The number of hydrogen-bond acceptors (Lipinski definition) is 6. The molecule has 2 rings (SSSR count). The highest BCUT2D eigenvalue weighted by molar-refractivity contribution is 5.91. The number of anilines is 1. The van der Waals surface area contributed by atoms with Crippen LogP contribution in [-0.4, -0.2) is 29.5 Å². The van der Waals surface area contributed by atoms with E-state index < -0.39 is 10.8 Å². The van der Waals surface area contributed by atoms with Crippen molar-refractivity contribution in [2.24, 2.45) is 0 Å². The third-order valence-corrected chi connectivity index (χ3v) is 2.98. The zero-order valence-electron chi connectivity index (χ0n) is 12.6. The van der Waals surface area contributed by atoms with Gasteiger partial charge in [0, 0.05) is 5.56 Å². The van der Waals surface area contributed by atoms with E-state index in [1.165, 1.54) is 13.2 Å². The minimum atomic E-state index is -0.529. The first kappa shape index (κ1) is 16.2. The Morgan fingerprint density at radius 2 is 2.04 bits per heavy atom. The highest BCUT2D eigenvalue weighted by atomic mass is 16.6. The van der Waals surface area contributed by atoms with Gasteiger partial charge in [-0.1, -0.05) is 12.1 Å². The second-order valence-electron chi connectivity index (χ2n) is 4.60. The van der Waals surface area contributed by atoms with Gasteiger partial charge in [-0.25, -0.2) is 4.98 Å². The number of pyridine rings is 1. The van der Waals surface area contributed by atoms with Crippen LogP contribution in [0.15, 0.2) is 36.5 Å². The second-order valence-corrected chi connectivity index (χ2v) is 4.60. The van der Waals surface area contributed by atoms with Crippen LogP contribution in [0.3, 0.4) is 0 Å². The van der Waals surface area contributed by atoms with Gasteiger partial charge in [-0.3, -0.25) is 14.9 Å². The summed E-state index contributed by atoms with van der Waals surface area (Å²) in [6, 6.07) is 8.38. The van der Waals surface area contributed by atoms with E-state index in [1.54, 1.807) is 31.2 Å². The summed E-state index contributed by atoms with van der Waals surface area (Å²) in [6.07, 6.45) is 1.10. The average molecular weight is 317 g/mol. The Bertz CT molecular complexity index is 733. The van der Waals surface area contributed by atoms with Gasteiger partial charge in [0.05, 0.1) is 12.0 Å². The number of benzene rings is 1. The number of amides is 1. The molecule has 0 saturated carbocycles. The van der Waals surface area contributed by atoms with Crippen LogP contribution in [0.2, 0.25) is 0 Å². The summed E-state index contributed by atoms with van der Waals surface area (Å²) < 4.78 is 10.5. The lowest BCUT2D eigenvalue weighted by atomic mass is 10.2. The standard InChI is InChI=1S/C15H15N3O5/c1-10-7-14(16-8-11(10)18(20)21)17-15(19)9-23-13-6-4-3-5-12(13)22-2/h3-8H,9H2,1-2H3,(H,16,17,19). The van der Waals surface area contributed by atoms with Crippen LogP contribution in [0.5, 0.6) is 11.5 Å². The summed E-state index contributed by atoms with van der Waals surface area (Å²) in [7, 11) is 1.51. The predicted octanol–water partition coefficient (Wildman–Crippen LogP) is 2.32. The molecule has 23 heavy (non-hydrogen) atoms. The molecule has 8 nitrogen and oxygen atoms in total. The monoisotopic (exact) mass is 317 g/mol. The van der Waals surface area contributed by atoms with Crippen molar-refractivity contribution in [2.75, 3.05) is 19.0 Å². The number of para-hydroxylation sites is 2. The van der Waals surface area contributed by atoms with Gasteiger partial charge in [-0.2, -0.15) is 0 Å². The van der Waals surface area contributed by atoms with Crippen LogP contribution in [0.4, 0.5) is 11.5 Å². The molecule has 1 N–H and O–H groups in total. The van der Waals surface area contributed by atoms with E-state index in [-0.39, 0.29) is 18.1 Å². The van der Waals surface area contributed by atoms with E-state index in [1.807, 2.05) is 0 Å². The summed E-state index contributed by atoms with van der Waals surface area (Å²) in [4.78, 5) is 25.9. The lowest BCUT2D eigenvalue weighted by molar-refractivity contribution is -0.385. The van der Waals surface area contributed by atoms with Gasteiger partial charge in [-0.05, 0) is 25.1 Å². The Balaban J connectivity index is 1.97. The average Bonchev–Trinajstić information content (AvgIpc) is 2.53. The zero-order valence-corrected chi connectivity index (χ0v) is 12.6. The topological polar surface area (TPSA) is 104 Å². The smallest absolute Gasteiger partial charge is 0.290 e. The molecule has 120 valence electrons. The lowest BCUT2D eigenvalue weighted by Crippen LogP contribution is -2.21. The van der Waals surface area contributed by atoms with Gasteiger partial charge in [0.25, 0.3) is 11.6 Å². The molecule has 0 bridgehead atoms. The number of methoxy groups -OCH3 is 1. The van der Waals surface area contributed by atoms with Crippen LogP contribution in [-0.2, 0) is 4.79 Å². The highest BCUT2D eigenvalue weighted by Crippen LogP contribution is 2.25. The van der Waals surface area contributed by atoms with Crippen molar-refractivity contribution in [1.82, 2.24) is 4.98 Å². The zero-order chi connectivity index (χ0) is 16.8. The largest absolute Gasteiger partial charge is 0.493 e. The van der Waals surface area contributed by atoms with Crippen LogP contribution in [0, 0.1) is 17.0 Å². The third-order valence-electron chi connectivity index (χ3n) is 2.98. The van der Waals surface area contributed by atoms with E-state index >= 15 is 0 Å². The molecule has 0 unspecified atom stereocenters. The van der Waals surface area contributed by atoms with Gasteiger partial charge in [0.2, 0.25) is 0 Å². The molecule has 0 aliphatic carbocycles. The van der Waals surface area contributed by atoms with E-state index in [0.29, 0.717) is 17.1 Å². The number of nitro groups is 1. The van der Waals surface area contributed by atoms with Crippen LogP contribution in [0.1, 0.15) is 5.56 Å². The van der Waals surface area contributed by atoms with Gasteiger partial charge >= 0.3 is 0 Å². The fourth-order valence-corrected chi connectivity index (χ4v) is 1.87. The fourth-order valence-electron chi connectivity index (χ4n) is 1.87. The van der Waals surface area contributed by atoms with Gasteiger partial charge in [0.15, 0.2) is 18.1 Å². The normalized spacial score (nSPS) is 10.0. The molecule has 8 heteroatoms. The summed E-state index contributed by atoms with van der Waals surface area (Å²) >= 11 is 0. The molecule has 0 radical (unpaired) electrons. The first-order chi connectivity index (χ1) is 11.0. The van der Waals surface area contributed by atoms with E-state index in [4.69, 9.17) is 9.47 Å². The Morgan fingerprint density at radius 1 is 1.35 bits per heavy atom. The van der Waals surface area contributed by atoms with E-state index in [9.17, 15) is 14.9 Å². The molecule has 1 amide bonds. The van der Waals surface area contributed by atoms with Crippen molar-refractivity contribution in [3.8, 4) is 11.5 Å². The summed E-state index contributed by atoms with van der Waals surface area (Å²) in [5.74, 6) is 0.751. The number of aryl methyl sites for hydroxylation is 1. The second kappa shape index (κ2) is 7.21. The quantitative estimate of drug-likeness (QED) is 0.647. The molecule has 0 aliphatic rings. The Hall–Kier alpha value is -3.16. The van der Waals surface area contributed by atoms with Gasteiger partial charge < -0.3 is 14.8 Å². The fraction of sp³-hybridized carbons (Fsp3) is 0.200. The maximum Gasteiger partial charge on any atom is 0.290 e. The third kappa shape index (κ3) is 4.16. The highest BCUT2D eigenvalue weighted by Gasteiger charge is 2.13. The number of ether oxygens (including phenoxy) is 2. The Kier molecular flexibility index (Phi) is 5.08. The maximum absolute atomic E-state index is 11.9. The number of hydrogen-bond donors (Lipinski definition) is 1. The Labute approximate surface area is 132 Å². The van der Waals surface area contributed by atoms with Crippen molar-refractivity contribution in [3.05, 3.63) is 52.2 Å². The molecule has 1 heterocycles. The molecule has 0 atom stereocenters. The number of aromatic nitrogens is 1. The molecule has 0 fully saturated rings. The number of nitrogens with one attached hydrogen (secondary N) is 1. The molecule has 0 aliphatic heterocycles. The Morgan fingerprint density at radius 3 is 2.65 bits per heavy atom. The summed E-state index contributed by atoms with van der Waals surface area (Å²) in [5, 5.41) is 13.2. The van der Waals surface area contributed by atoms with Crippen LogP contribution >= 0.6 is 0 Å². The van der Waals surface area contributed by atoms with Crippen LogP contribution in [0.25, 0.3) is 0 Å². The minimum absolute atomic E-state index is 0.103. The number of carbonyl (C=O) groups excluding carboxylic acids is 1. The van der Waals surface area contributed by atoms with Crippen molar-refractivity contribution in [2.45, 2.75) is 6.92 Å². The molecule has 2 aromatic rings. The van der Waals surface area contributed by atoms with Crippen molar-refractivity contribution in [1.29, 1.82) is 0 Å². The van der Waals surface area contributed by atoms with Gasteiger partial charge in [-0.15, -0.1) is 0 Å². The first-order valence-electron chi connectivity index (χ1n) is 6.68. The predicted molar refractivity (Wildman–Crippen MR) is 82.7 cm³/mol. The lowest BCUT2D eigenvalue weighted by Gasteiger charge is -2.10. The van der Waals surface area contributed by atoms with Crippen molar-refractivity contribution in [3.63, 3.8) is 0 Å². The summed E-state index contributed by atoms with van der Waals surface area (Å²) in [5.41, 5.74) is 0.305. The molecule has 0 spiro atoms. The SMILES string of the molecule is COc1ccccc1OCC(=O)Nc1cc(C)c([N+](=O)[O-])cn1. The molecular weight excluding hydrogens is 302 g/mol. The molecule has 1 aromatic heterocycles. The number of nitrogens with zero attached hydrogens (tertiary/aromatic N) is 2. The molecule has 1 aromatic carbocycles. The van der Waals surface area contributed by atoms with Gasteiger partial charge in [0.1, 0.15) is 12.0 Å². The minimum Gasteiger partial charge on any atom is -0.493 e. The van der Waals surface area contributed by atoms with Crippen LogP contribution < -0.4 is 14.8 Å². The molecule has 0 saturated heterocycles.